The molecule has 0 fully saturated rings. The predicted octanol–water partition coefficient (Wildman–Crippen LogP) is 3.85. The van der Waals surface area contributed by atoms with Crippen molar-refractivity contribution in [1.29, 1.82) is 0 Å². The molecule has 2 aromatic rings. The van der Waals surface area contributed by atoms with Gasteiger partial charge >= 0.3 is 0 Å². The standard InChI is InChI=1S/C18H18ClFN2O2/c1-18(2,3)12-6-4-11(5-7-12)16(23)21-22-17(24)14-10-13(19)8-9-15(14)20/h4-10H,1-3H3,(H,21,23)(H,22,24). The van der Waals surface area contributed by atoms with E-state index in [1.807, 2.05) is 12.1 Å². The summed E-state index contributed by atoms with van der Waals surface area (Å²) in [5.41, 5.74) is 5.63. The molecule has 6 heteroatoms. The second-order valence-corrected chi connectivity index (χ2v) is 6.80. The van der Waals surface area contributed by atoms with Crippen LogP contribution in [0.2, 0.25) is 5.02 Å². The zero-order valence-corrected chi connectivity index (χ0v) is 14.4. The number of nitrogens with one attached hydrogen (secondary N) is 2. The van der Waals surface area contributed by atoms with Crippen LogP contribution in [0.1, 0.15) is 47.1 Å². The molecule has 0 unspecified atom stereocenters. The lowest BCUT2D eigenvalue weighted by molar-refractivity contribution is 0.0844. The van der Waals surface area contributed by atoms with Gasteiger partial charge in [-0.25, -0.2) is 4.39 Å². The molecule has 126 valence electrons. The summed E-state index contributed by atoms with van der Waals surface area (Å²) < 4.78 is 13.6. The van der Waals surface area contributed by atoms with Crippen LogP contribution >= 0.6 is 11.6 Å². The number of hydrazine groups is 1. The minimum atomic E-state index is -0.783. The molecular weight excluding hydrogens is 331 g/mol. The van der Waals surface area contributed by atoms with E-state index in [4.69, 9.17) is 11.6 Å². The predicted molar refractivity (Wildman–Crippen MR) is 91.5 cm³/mol. The number of carbonyl (C=O) groups is 2. The largest absolute Gasteiger partial charge is 0.272 e. The lowest BCUT2D eigenvalue weighted by Crippen LogP contribution is -2.42. The molecule has 2 rings (SSSR count). The summed E-state index contributed by atoms with van der Waals surface area (Å²) in [7, 11) is 0. The van der Waals surface area contributed by atoms with E-state index in [-0.39, 0.29) is 16.0 Å². The van der Waals surface area contributed by atoms with Crippen molar-refractivity contribution >= 4 is 23.4 Å². The van der Waals surface area contributed by atoms with E-state index in [0.717, 1.165) is 11.6 Å². The van der Waals surface area contributed by atoms with Crippen LogP contribution in [-0.2, 0) is 5.41 Å². The summed E-state index contributed by atoms with van der Waals surface area (Å²) >= 11 is 5.74. The fourth-order valence-electron chi connectivity index (χ4n) is 2.05. The number of hydrogen-bond acceptors (Lipinski definition) is 2. The Labute approximate surface area is 145 Å². The van der Waals surface area contributed by atoms with Crippen LogP contribution in [-0.4, -0.2) is 11.8 Å². The van der Waals surface area contributed by atoms with E-state index in [1.54, 1.807) is 12.1 Å². The molecular formula is C18H18ClFN2O2. The van der Waals surface area contributed by atoms with Gasteiger partial charge in [-0.1, -0.05) is 44.5 Å². The monoisotopic (exact) mass is 348 g/mol. The Hall–Kier alpha value is -2.40. The van der Waals surface area contributed by atoms with Gasteiger partial charge in [0, 0.05) is 10.6 Å². The highest BCUT2D eigenvalue weighted by atomic mass is 35.5. The van der Waals surface area contributed by atoms with E-state index in [0.29, 0.717) is 5.56 Å². The third-order valence-electron chi connectivity index (χ3n) is 3.48. The van der Waals surface area contributed by atoms with Gasteiger partial charge < -0.3 is 0 Å². The minimum absolute atomic E-state index is 0.0205. The van der Waals surface area contributed by atoms with Crippen LogP contribution in [0.5, 0.6) is 0 Å². The van der Waals surface area contributed by atoms with Crippen molar-refractivity contribution in [2.45, 2.75) is 26.2 Å². The molecule has 24 heavy (non-hydrogen) atoms. The molecule has 0 aliphatic carbocycles. The van der Waals surface area contributed by atoms with E-state index < -0.39 is 17.6 Å². The molecule has 0 saturated carbocycles. The van der Waals surface area contributed by atoms with Crippen LogP contribution in [0, 0.1) is 5.82 Å². The van der Waals surface area contributed by atoms with Crippen LogP contribution in [0.15, 0.2) is 42.5 Å². The topological polar surface area (TPSA) is 58.2 Å². The van der Waals surface area contributed by atoms with Gasteiger partial charge in [0.1, 0.15) is 5.82 Å². The summed E-state index contributed by atoms with van der Waals surface area (Å²) in [6, 6.07) is 10.7. The normalized spacial score (nSPS) is 11.0. The number of amides is 2. The van der Waals surface area contributed by atoms with Gasteiger partial charge in [-0.3, -0.25) is 20.4 Å². The zero-order chi connectivity index (χ0) is 17.9. The SMILES string of the molecule is CC(C)(C)c1ccc(C(=O)NNC(=O)c2cc(Cl)ccc2F)cc1. The first-order valence-electron chi connectivity index (χ1n) is 7.35. The van der Waals surface area contributed by atoms with Crippen molar-refractivity contribution in [3.63, 3.8) is 0 Å². The molecule has 0 aliphatic heterocycles. The number of halogens is 2. The van der Waals surface area contributed by atoms with Crippen molar-refractivity contribution in [2.24, 2.45) is 0 Å². The third-order valence-corrected chi connectivity index (χ3v) is 3.71. The fraction of sp³-hybridized carbons (Fsp3) is 0.222. The Kier molecular flexibility index (Phi) is 5.24. The molecule has 0 bridgehead atoms. The number of hydrogen-bond donors (Lipinski definition) is 2. The molecule has 0 spiro atoms. The van der Waals surface area contributed by atoms with Crippen molar-refractivity contribution in [3.8, 4) is 0 Å². The molecule has 2 aromatic carbocycles. The molecule has 4 nitrogen and oxygen atoms in total. The Bertz CT molecular complexity index is 768. The molecule has 0 aliphatic rings. The average molecular weight is 349 g/mol. The molecule has 0 heterocycles. The van der Waals surface area contributed by atoms with Crippen LogP contribution in [0.3, 0.4) is 0 Å². The molecule has 0 radical (unpaired) electrons. The Morgan fingerprint density at radius 2 is 1.54 bits per heavy atom. The van der Waals surface area contributed by atoms with E-state index >= 15 is 0 Å². The van der Waals surface area contributed by atoms with E-state index in [1.165, 1.54) is 12.1 Å². The van der Waals surface area contributed by atoms with Crippen molar-refractivity contribution in [2.75, 3.05) is 0 Å². The maximum Gasteiger partial charge on any atom is 0.272 e. The van der Waals surface area contributed by atoms with Gasteiger partial charge in [0.25, 0.3) is 11.8 Å². The maximum absolute atomic E-state index is 13.6. The first-order valence-corrected chi connectivity index (χ1v) is 7.72. The molecule has 0 atom stereocenters. The van der Waals surface area contributed by atoms with Crippen LogP contribution in [0.25, 0.3) is 0 Å². The van der Waals surface area contributed by atoms with Gasteiger partial charge in [-0.2, -0.15) is 0 Å². The third kappa shape index (κ3) is 4.32. The quantitative estimate of drug-likeness (QED) is 0.810. The highest BCUT2D eigenvalue weighted by Crippen LogP contribution is 2.22. The van der Waals surface area contributed by atoms with Crippen molar-refractivity contribution in [1.82, 2.24) is 10.9 Å². The summed E-state index contributed by atoms with van der Waals surface area (Å²) in [4.78, 5) is 24.0. The summed E-state index contributed by atoms with van der Waals surface area (Å²) in [5, 5.41) is 0.227. The lowest BCUT2D eigenvalue weighted by atomic mass is 9.87. The van der Waals surface area contributed by atoms with Gasteiger partial charge in [0.05, 0.1) is 5.56 Å². The molecule has 2 N–H and O–H groups in total. The second-order valence-electron chi connectivity index (χ2n) is 6.36. The summed E-state index contributed by atoms with van der Waals surface area (Å²) in [5.74, 6) is -2.00. The summed E-state index contributed by atoms with van der Waals surface area (Å²) in [6.45, 7) is 6.21. The summed E-state index contributed by atoms with van der Waals surface area (Å²) in [6.07, 6.45) is 0. The van der Waals surface area contributed by atoms with Crippen LogP contribution < -0.4 is 10.9 Å². The van der Waals surface area contributed by atoms with E-state index in [2.05, 4.69) is 31.6 Å². The van der Waals surface area contributed by atoms with Crippen molar-refractivity contribution in [3.05, 3.63) is 70.0 Å². The number of carbonyl (C=O) groups excluding carboxylic acids is 2. The van der Waals surface area contributed by atoms with E-state index in [9.17, 15) is 14.0 Å². The Morgan fingerprint density at radius 3 is 2.12 bits per heavy atom. The Morgan fingerprint density at radius 1 is 0.958 bits per heavy atom. The number of benzene rings is 2. The first-order chi connectivity index (χ1) is 11.2. The highest BCUT2D eigenvalue weighted by molar-refractivity contribution is 6.31. The minimum Gasteiger partial charge on any atom is -0.267 e. The second kappa shape index (κ2) is 7.01. The molecule has 0 saturated heterocycles. The molecule has 0 aromatic heterocycles. The van der Waals surface area contributed by atoms with Gasteiger partial charge in [-0.15, -0.1) is 0 Å². The van der Waals surface area contributed by atoms with Gasteiger partial charge in [0.2, 0.25) is 0 Å². The fourth-order valence-corrected chi connectivity index (χ4v) is 2.22. The van der Waals surface area contributed by atoms with Gasteiger partial charge in [-0.05, 0) is 41.3 Å². The first kappa shape index (κ1) is 17.9. The average Bonchev–Trinajstić information content (AvgIpc) is 2.53. The lowest BCUT2D eigenvalue weighted by Gasteiger charge is -2.19. The van der Waals surface area contributed by atoms with Gasteiger partial charge in [0.15, 0.2) is 0 Å². The van der Waals surface area contributed by atoms with Crippen molar-refractivity contribution < 1.29 is 14.0 Å². The molecule has 2 amide bonds. The maximum atomic E-state index is 13.6. The Balaban J connectivity index is 2.02. The smallest absolute Gasteiger partial charge is 0.267 e. The zero-order valence-electron chi connectivity index (χ0n) is 13.6. The van der Waals surface area contributed by atoms with Crippen LogP contribution in [0.4, 0.5) is 4.39 Å². The highest BCUT2D eigenvalue weighted by Gasteiger charge is 2.16. The number of rotatable bonds is 2.